The molecule has 0 aromatic carbocycles. The highest BCUT2D eigenvalue weighted by atomic mass is 16.5. The first kappa shape index (κ1) is 11.4. The Bertz CT molecular complexity index is 163. The number of hydrogen-bond donors (Lipinski definition) is 1. The van der Waals surface area contributed by atoms with Gasteiger partial charge >= 0.3 is 0 Å². The van der Waals surface area contributed by atoms with Crippen LogP contribution in [0.5, 0.6) is 0 Å². The molecule has 15 heavy (non-hydrogen) atoms. The Morgan fingerprint density at radius 3 is 2.80 bits per heavy atom. The van der Waals surface area contributed by atoms with Gasteiger partial charge in [-0.15, -0.1) is 0 Å². The highest BCUT2D eigenvalue weighted by Gasteiger charge is 2.16. The molecule has 2 atom stereocenters. The van der Waals surface area contributed by atoms with Crippen molar-refractivity contribution in [2.24, 2.45) is 5.92 Å². The van der Waals surface area contributed by atoms with Crippen molar-refractivity contribution in [3.8, 4) is 0 Å². The summed E-state index contributed by atoms with van der Waals surface area (Å²) >= 11 is 0. The normalized spacial score (nSPS) is 32.0. The first-order valence-corrected chi connectivity index (χ1v) is 6.35. The van der Waals surface area contributed by atoms with Crippen LogP contribution in [0.2, 0.25) is 0 Å². The van der Waals surface area contributed by atoms with E-state index in [1.54, 1.807) is 0 Å². The molecule has 3 nitrogen and oxygen atoms in total. The second-order valence-corrected chi connectivity index (χ2v) is 4.71. The Balaban J connectivity index is 1.47. The molecule has 0 saturated carbocycles. The number of ether oxygens (including phenoxy) is 2. The van der Waals surface area contributed by atoms with E-state index in [1.807, 2.05) is 0 Å². The monoisotopic (exact) mass is 213 g/mol. The Labute approximate surface area is 92.5 Å². The van der Waals surface area contributed by atoms with Crippen molar-refractivity contribution in [3.05, 3.63) is 0 Å². The third kappa shape index (κ3) is 4.09. The molecule has 3 heteroatoms. The molecule has 0 spiro atoms. The van der Waals surface area contributed by atoms with Crippen LogP contribution in [0, 0.1) is 5.92 Å². The van der Waals surface area contributed by atoms with Gasteiger partial charge in [-0.05, 0) is 44.6 Å². The zero-order chi connectivity index (χ0) is 10.3. The zero-order valence-electron chi connectivity index (χ0n) is 9.54. The number of rotatable bonds is 5. The summed E-state index contributed by atoms with van der Waals surface area (Å²) in [4.78, 5) is 0. The topological polar surface area (TPSA) is 30.5 Å². The van der Waals surface area contributed by atoms with Crippen LogP contribution < -0.4 is 5.32 Å². The lowest BCUT2D eigenvalue weighted by Gasteiger charge is -2.22. The molecule has 2 saturated heterocycles. The zero-order valence-corrected chi connectivity index (χ0v) is 9.54. The molecule has 0 radical (unpaired) electrons. The quantitative estimate of drug-likeness (QED) is 0.703. The van der Waals surface area contributed by atoms with Gasteiger partial charge < -0.3 is 14.8 Å². The lowest BCUT2D eigenvalue weighted by Crippen LogP contribution is -2.30. The smallest absolute Gasteiger partial charge is 0.0588 e. The molecule has 88 valence electrons. The van der Waals surface area contributed by atoms with Gasteiger partial charge in [0.15, 0.2) is 0 Å². The van der Waals surface area contributed by atoms with Gasteiger partial charge in [0.25, 0.3) is 0 Å². The van der Waals surface area contributed by atoms with Crippen LogP contribution in [0.1, 0.15) is 32.1 Å². The maximum Gasteiger partial charge on any atom is 0.0588 e. The molecule has 2 aliphatic heterocycles. The number of hydrogen-bond acceptors (Lipinski definition) is 3. The molecule has 0 aromatic rings. The summed E-state index contributed by atoms with van der Waals surface area (Å²) in [6.07, 6.45) is 6.77. The Hall–Kier alpha value is -0.120. The Kier molecular flexibility index (Phi) is 4.90. The highest BCUT2D eigenvalue weighted by Crippen LogP contribution is 2.15. The van der Waals surface area contributed by atoms with Gasteiger partial charge in [0.2, 0.25) is 0 Å². The summed E-state index contributed by atoms with van der Waals surface area (Å²) in [5.41, 5.74) is 0. The summed E-state index contributed by atoms with van der Waals surface area (Å²) in [6.45, 7) is 5.11. The van der Waals surface area contributed by atoms with Crippen LogP contribution in [0.15, 0.2) is 0 Å². The predicted octanol–water partition coefficient (Wildman–Crippen LogP) is 1.57. The van der Waals surface area contributed by atoms with Gasteiger partial charge in [-0.2, -0.15) is 0 Å². The molecule has 2 unspecified atom stereocenters. The lowest BCUT2D eigenvalue weighted by atomic mass is 10.0. The summed E-state index contributed by atoms with van der Waals surface area (Å²) in [5.74, 6) is 0.739. The van der Waals surface area contributed by atoms with E-state index < -0.39 is 0 Å². The molecule has 2 fully saturated rings. The van der Waals surface area contributed by atoms with Crippen molar-refractivity contribution < 1.29 is 9.47 Å². The summed E-state index contributed by atoms with van der Waals surface area (Å²) < 4.78 is 11.0. The van der Waals surface area contributed by atoms with E-state index >= 15 is 0 Å². The van der Waals surface area contributed by atoms with Crippen molar-refractivity contribution in [1.29, 1.82) is 0 Å². The average Bonchev–Trinajstić information content (AvgIpc) is 2.79. The van der Waals surface area contributed by atoms with Crippen molar-refractivity contribution in [3.63, 3.8) is 0 Å². The molecule has 0 bridgehead atoms. The van der Waals surface area contributed by atoms with E-state index in [4.69, 9.17) is 9.47 Å². The molecular weight excluding hydrogens is 190 g/mol. The first-order chi connectivity index (χ1) is 7.45. The molecule has 2 heterocycles. The fourth-order valence-corrected chi connectivity index (χ4v) is 2.41. The Morgan fingerprint density at radius 1 is 1.13 bits per heavy atom. The minimum Gasteiger partial charge on any atom is -0.381 e. The van der Waals surface area contributed by atoms with E-state index in [-0.39, 0.29) is 0 Å². The minimum absolute atomic E-state index is 0.528. The SMILES string of the molecule is C1COCC(CNCCC2CCCO2)C1. The Morgan fingerprint density at radius 2 is 2.07 bits per heavy atom. The maximum atomic E-state index is 5.58. The van der Waals surface area contributed by atoms with Gasteiger partial charge in [-0.25, -0.2) is 0 Å². The first-order valence-electron chi connectivity index (χ1n) is 6.35. The van der Waals surface area contributed by atoms with Crippen LogP contribution in [0.4, 0.5) is 0 Å². The summed E-state index contributed by atoms with van der Waals surface area (Å²) in [7, 11) is 0. The predicted molar refractivity (Wildman–Crippen MR) is 60.0 cm³/mol. The van der Waals surface area contributed by atoms with Crippen molar-refractivity contribution in [2.45, 2.75) is 38.2 Å². The van der Waals surface area contributed by atoms with Gasteiger partial charge in [-0.3, -0.25) is 0 Å². The van der Waals surface area contributed by atoms with Gasteiger partial charge in [0.05, 0.1) is 12.7 Å². The highest BCUT2D eigenvalue weighted by molar-refractivity contribution is 4.69. The van der Waals surface area contributed by atoms with E-state index in [0.717, 1.165) is 38.8 Å². The van der Waals surface area contributed by atoms with Gasteiger partial charge in [-0.1, -0.05) is 0 Å². The lowest BCUT2D eigenvalue weighted by molar-refractivity contribution is 0.0540. The van der Waals surface area contributed by atoms with Gasteiger partial charge in [0, 0.05) is 19.8 Å². The van der Waals surface area contributed by atoms with Crippen molar-refractivity contribution >= 4 is 0 Å². The van der Waals surface area contributed by atoms with E-state index in [9.17, 15) is 0 Å². The molecular formula is C12H23NO2. The van der Waals surface area contributed by atoms with E-state index in [0.29, 0.717) is 6.10 Å². The minimum atomic E-state index is 0.528. The molecule has 2 rings (SSSR count). The molecule has 1 N–H and O–H groups in total. The van der Waals surface area contributed by atoms with Crippen molar-refractivity contribution in [1.82, 2.24) is 5.32 Å². The fraction of sp³-hybridized carbons (Fsp3) is 1.00. The van der Waals surface area contributed by atoms with Crippen LogP contribution in [-0.4, -0.2) is 39.0 Å². The van der Waals surface area contributed by atoms with Gasteiger partial charge in [0.1, 0.15) is 0 Å². The molecule has 0 amide bonds. The summed E-state index contributed by atoms with van der Waals surface area (Å²) in [5, 5.41) is 3.52. The van der Waals surface area contributed by atoms with Crippen LogP contribution in [-0.2, 0) is 9.47 Å². The average molecular weight is 213 g/mol. The standard InChI is InChI=1S/C12H23NO2/c1-3-11(10-14-7-1)9-13-6-5-12-4-2-8-15-12/h11-13H,1-10H2. The summed E-state index contributed by atoms with van der Waals surface area (Å²) in [6, 6.07) is 0. The second kappa shape index (κ2) is 6.46. The van der Waals surface area contributed by atoms with E-state index in [2.05, 4.69) is 5.32 Å². The molecule has 2 aliphatic rings. The fourth-order valence-electron chi connectivity index (χ4n) is 2.41. The van der Waals surface area contributed by atoms with E-state index in [1.165, 1.54) is 32.1 Å². The van der Waals surface area contributed by atoms with Crippen LogP contribution in [0.3, 0.4) is 0 Å². The van der Waals surface area contributed by atoms with Crippen molar-refractivity contribution in [2.75, 3.05) is 32.9 Å². The van der Waals surface area contributed by atoms with Crippen LogP contribution >= 0.6 is 0 Å². The maximum absolute atomic E-state index is 5.58. The molecule has 0 aromatic heterocycles. The van der Waals surface area contributed by atoms with Crippen LogP contribution in [0.25, 0.3) is 0 Å². The number of nitrogens with one attached hydrogen (secondary N) is 1. The third-order valence-electron chi connectivity index (χ3n) is 3.35. The third-order valence-corrected chi connectivity index (χ3v) is 3.35. The molecule has 0 aliphatic carbocycles. The second-order valence-electron chi connectivity index (χ2n) is 4.71. The largest absolute Gasteiger partial charge is 0.381 e.